The molecule has 5 nitrogen and oxygen atoms in total. The molecule has 0 aliphatic rings. The lowest BCUT2D eigenvalue weighted by Crippen LogP contribution is -2.16. The minimum absolute atomic E-state index is 0.0565. The molecular weight excluding hydrogens is 297 g/mol. The average Bonchev–Trinajstić information content (AvgIpc) is 2.49. The van der Waals surface area contributed by atoms with Gasteiger partial charge in [-0.2, -0.15) is 0 Å². The molecule has 0 radical (unpaired) electrons. The van der Waals surface area contributed by atoms with Crippen molar-refractivity contribution < 1.29 is 14.0 Å². The van der Waals surface area contributed by atoms with Gasteiger partial charge in [-0.25, -0.2) is 9.38 Å². The average molecular weight is 313 g/mol. The summed E-state index contributed by atoms with van der Waals surface area (Å²) in [6, 6.07) is 12.0. The summed E-state index contributed by atoms with van der Waals surface area (Å²) in [4.78, 5) is 27.1. The highest BCUT2D eigenvalue weighted by Crippen LogP contribution is 2.17. The molecule has 2 rings (SSSR count). The Kier molecular flexibility index (Phi) is 5.19. The number of carbonyl (C=O) groups is 2. The SMILES string of the molecule is CC(=O)Nc1ccc(N=C(N)CC(=O)c2ccc(F)cc2)cc1. The zero-order valence-electron chi connectivity index (χ0n) is 12.5. The summed E-state index contributed by atoms with van der Waals surface area (Å²) < 4.78 is 12.8. The van der Waals surface area contributed by atoms with Crippen LogP contribution in [0.15, 0.2) is 53.5 Å². The molecule has 1 amide bonds. The molecule has 0 aromatic heterocycles. The largest absolute Gasteiger partial charge is 0.387 e. The van der Waals surface area contributed by atoms with Crippen LogP contribution in [0.3, 0.4) is 0 Å². The Balaban J connectivity index is 2.03. The van der Waals surface area contributed by atoms with E-state index in [2.05, 4.69) is 10.3 Å². The fraction of sp³-hybridized carbons (Fsp3) is 0.118. The van der Waals surface area contributed by atoms with Crippen LogP contribution in [0.25, 0.3) is 0 Å². The summed E-state index contributed by atoms with van der Waals surface area (Å²) in [6.45, 7) is 1.42. The van der Waals surface area contributed by atoms with Gasteiger partial charge in [-0.1, -0.05) is 0 Å². The number of halogens is 1. The minimum atomic E-state index is -0.401. The molecule has 3 N–H and O–H groups in total. The first-order valence-corrected chi connectivity index (χ1v) is 6.93. The molecule has 0 aliphatic heterocycles. The van der Waals surface area contributed by atoms with Crippen molar-refractivity contribution in [3.05, 3.63) is 59.9 Å². The van der Waals surface area contributed by atoms with E-state index >= 15 is 0 Å². The van der Waals surface area contributed by atoms with Crippen LogP contribution in [0.2, 0.25) is 0 Å². The zero-order chi connectivity index (χ0) is 16.8. The molecule has 0 bridgehead atoms. The molecule has 0 spiro atoms. The number of hydrogen-bond donors (Lipinski definition) is 2. The topological polar surface area (TPSA) is 84.6 Å². The second kappa shape index (κ2) is 7.31. The third-order valence-corrected chi connectivity index (χ3v) is 2.97. The summed E-state index contributed by atoms with van der Waals surface area (Å²) in [5.74, 6) is -0.638. The van der Waals surface area contributed by atoms with Crippen molar-refractivity contribution in [3.8, 4) is 0 Å². The van der Waals surface area contributed by atoms with E-state index in [9.17, 15) is 14.0 Å². The van der Waals surface area contributed by atoms with E-state index in [0.717, 1.165) is 0 Å². The van der Waals surface area contributed by atoms with E-state index in [1.165, 1.54) is 31.2 Å². The molecule has 0 saturated carbocycles. The molecule has 118 valence electrons. The van der Waals surface area contributed by atoms with Crippen LogP contribution in [-0.4, -0.2) is 17.5 Å². The van der Waals surface area contributed by atoms with E-state index in [1.54, 1.807) is 24.3 Å². The molecule has 0 aliphatic carbocycles. The maximum absolute atomic E-state index is 12.8. The van der Waals surface area contributed by atoms with Gasteiger partial charge in [0.05, 0.1) is 12.1 Å². The van der Waals surface area contributed by atoms with Crippen LogP contribution in [0.5, 0.6) is 0 Å². The molecule has 2 aromatic carbocycles. The van der Waals surface area contributed by atoms with Crippen molar-refractivity contribution in [1.82, 2.24) is 0 Å². The molecule has 0 atom stereocenters. The number of carbonyl (C=O) groups excluding carboxylic acids is 2. The van der Waals surface area contributed by atoms with Crippen LogP contribution in [0, 0.1) is 5.82 Å². The van der Waals surface area contributed by atoms with Crippen LogP contribution in [-0.2, 0) is 4.79 Å². The van der Waals surface area contributed by atoms with Gasteiger partial charge in [0, 0.05) is 18.2 Å². The zero-order valence-corrected chi connectivity index (χ0v) is 12.5. The number of Topliss-reactive ketones (excluding diaryl/α,β-unsaturated/α-hetero) is 1. The Hall–Kier alpha value is -3.02. The lowest BCUT2D eigenvalue weighted by Gasteiger charge is -2.04. The van der Waals surface area contributed by atoms with Gasteiger partial charge in [-0.3, -0.25) is 9.59 Å². The monoisotopic (exact) mass is 313 g/mol. The highest BCUT2D eigenvalue weighted by atomic mass is 19.1. The van der Waals surface area contributed by atoms with Crippen molar-refractivity contribution >= 4 is 28.9 Å². The number of rotatable bonds is 5. The Labute approximate surface area is 133 Å². The number of nitrogens with two attached hydrogens (primary N) is 1. The summed E-state index contributed by atoms with van der Waals surface area (Å²) in [6.07, 6.45) is -0.0565. The summed E-state index contributed by atoms with van der Waals surface area (Å²) in [5.41, 5.74) is 7.38. The van der Waals surface area contributed by atoms with Crippen LogP contribution in [0.1, 0.15) is 23.7 Å². The fourth-order valence-corrected chi connectivity index (χ4v) is 1.93. The van der Waals surface area contributed by atoms with Gasteiger partial charge < -0.3 is 11.1 Å². The van der Waals surface area contributed by atoms with Gasteiger partial charge in [0.2, 0.25) is 5.91 Å². The van der Waals surface area contributed by atoms with Crippen molar-refractivity contribution in [3.63, 3.8) is 0 Å². The number of amides is 1. The highest BCUT2D eigenvalue weighted by molar-refractivity contribution is 6.09. The van der Waals surface area contributed by atoms with E-state index in [1.807, 2.05) is 0 Å². The summed E-state index contributed by atoms with van der Waals surface area (Å²) >= 11 is 0. The fourth-order valence-electron chi connectivity index (χ4n) is 1.93. The number of nitrogens with one attached hydrogen (secondary N) is 1. The quantitative estimate of drug-likeness (QED) is 0.505. The number of hydrogen-bond acceptors (Lipinski definition) is 3. The van der Waals surface area contributed by atoms with Crippen LogP contribution < -0.4 is 11.1 Å². The van der Waals surface area contributed by atoms with Crippen molar-refractivity contribution in [2.75, 3.05) is 5.32 Å². The maximum Gasteiger partial charge on any atom is 0.221 e. The van der Waals surface area contributed by atoms with Gasteiger partial charge in [0.25, 0.3) is 0 Å². The number of benzene rings is 2. The number of ketones is 1. The summed E-state index contributed by atoms with van der Waals surface area (Å²) in [7, 11) is 0. The van der Waals surface area contributed by atoms with Gasteiger partial charge in [0.15, 0.2) is 5.78 Å². The number of anilines is 1. The van der Waals surface area contributed by atoms with Gasteiger partial charge in [-0.15, -0.1) is 0 Å². The molecule has 23 heavy (non-hydrogen) atoms. The highest BCUT2D eigenvalue weighted by Gasteiger charge is 2.08. The smallest absolute Gasteiger partial charge is 0.221 e. The van der Waals surface area contributed by atoms with Gasteiger partial charge >= 0.3 is 0 Å². The third kappa shape index (κ3) is 5.03. The van der Waals surface area contributed by atoms with Crippen LogP contribution >= 0.6 is 0 Å². The molecule has 0 saturated heterocycles. The Bertz CT molecular complexity index is 737. The Morgan fingerprint density at radius 3 is 2.26 bits per heavy atom. The molecule has 2 aromatic rings. The minimum Gasteiger partial charge on any atom is -0.387 e. The van der Waals surface area contributed by atoms with E-state index in [4.69, 9.17) is 5.73 Å². The predicted octanol–water partition coefficient (Wildman–Crippen LogP) is 3.05. The van der Waals surface area contributed by atoms with E-state index in [0.29, 0.717) is 16.9 Å². The van der Waals surface area contributed by atoms with E-state index < -0.39 is 5.82 Å². The standard InChI is InChI=1S/C17H16FN3O2/c1-11(22)20-14-6-8-15(9-7-14)21-17(19)10-16(23)12-2-4-13(18)5-3-12/h2-9H,10H2,1H3,(H2,19,21)(H,20,22). The lowest BCUT2D eigenvalue weighted by molar-refractivity contribution is -0.114. The molecular formula is C17H16FN3O2. The van der Waals surface area contributed by atoms with E-state index in [-0.39, 0.29) is 23.9 Å². The van der Waals surface area contributed by atoms with Crippen molar-refractivity contribution in [1.29, 1.82) is 0 Å². The molecule has 0 fully saturated rings. The molecule has 0 unspecified atom stereocenters. The number of aliphatic imine (C=N–C) groups is 1. The molecule has 0 heterocycles. The Morgan fingerprint density at radius 1 is 1.09 bits per heavy atom. The van der Waals surface area contributed by atoms with Crippen molar-refractivity contribution in [2.24, 2.45) is 10.7 Å². The first kappa shape index (κ1) is 16.4. The number of nitrogens with zero attached hydrogens (tertiary/aromatic N) is 1. The predicted molar refractivity (Wildman–Crippen MR) is 87.4 cm³/mol. The van der Waals surface area contributed by atoms with Gasteiger partial charge in [-0.05, 0) is 48.5 Å². The lowest BCUT2D eigenvalue weighted by atomic mass is 10.1. The first-order chi connectivity index (χ1) is 10.9. The second-order valence-electron chi connectivity index (χ2n) is 4.94. The molecule has 6 heteroatoms. The maximum atomic E-state index is 12.8. The third-order valence-electron chi connectivity index (χ3n) is 2.97. The van der Waals surface area contributed by atoms with Crippen LogP contribution in [0.4, 0.5) is 15.8 Å². The normalized spacial score (nSPS) is 11.1. The van der Waals surface area contributed by atoms with Crippen molar-refractivity contribution in [2.45, 2.75) is 13.3 Å². The second-order valence-corrected chi connectivity index (χ2v) is 4.94. The number of amidine groups is 1. The van der Waals surface area contributed by atoms with Gasteiger partial charge in [0.1, 0.15) is 11.7 Å². The first-order valence-electron chi connectivity index (χ1n) is 6.93. The summed E-state index contributed by atoms with van der Waals surface area (Å²) in [5, 5.41) is 2.64. The Morgan fingerprint density at radius 2 is 1.70 bits per heavy atom.